The summed E-state index contributed by atoms with van der Waals surface area (Å²) in [5, 5.41) is 4.96. The van der Waals surface area contributed by atoms with E-state index in [2.05, 4.69) is 20.5 Å². The Bertz CT molecular complexity index is 825. The Balaban J connectivity index is 1.77. The smallest absolute Gasteiger partial charge is 0.271 e. The molecular weight excluding hydrogens is 280 g/mol. The number of pyridine rings is 1. The molecule has 0 unspecified atom stereocenters. The van der Waals surface area contributed by atoms with Gasteiger partial charge in [-0.15, -0.1) is 0 Å². The van der Waals surface area contributed by atoms with E-state index in [0.29, 0.717) is 5.56 Å². The van der Waals surface area contributed by atoms with Crippen molar-refractivity contribution in [3.8, 4) is 5.75 Å². The minimum atomic E-state index is -0.281. The fourth-order valence-electron chi connectivity index (χ4n) is 2.08. The zero-order chi connectivity index (χ0) is 15.4. The van der Waals surface area contributed by atoms with Gasteiger partial charge in [-0.1, -0.05) is 0 Å². The van der Waals surface area contributed by atoms with Gasteiger partial charge in [0.15, 0.2) is 0 Å². The predicted molar refractivity (Wildman–Crippen MR) is 84.1 cm³/mol. The van der Waals surface area contributed by atoms with Crippen LogP contribution in [0.4, 0.5) is 0 Å². The van der Waals surface area contributed by atoms with E-state index in [1.54, 1.807) is 37.9 Å². The molecule has 0 aliphatic carbocycles. The van der Waals surface area contributed by atoms with Crippen molar-refractivity contribution >= 4 is 23.0 Å². The molecule has 0 aliphatic heterocycles. The maximum atomic E-state index is 11.9. The van der Waals surface area contributed by atoms with Gasteiger partial charge < -0.3 is 9.72 Å². The summed E-state index contributed by atoms with van der Waals surface area (Å²) in [5.41, 5.74) is 4.83. The number of nitrogens with zero attached hydrogens (tertiary/aromatic N) is 2. The molecule has 1 amide bonds. The lowest BCUT2D eigenvalue weighted by molar-refractivity contribution is 0.0955. The van der Waals surface area contributed by atoms with Crippen LogP contribution in [0.1, 0.15) is 15.9 Å². The van der Waals surface area contributed by atoms with Crippen LogP contribution in [0, 0.1) is 0 Å². The molecule has 0 saturated carbocycles. The SMILES string of the molecule is COc1ccc2[nH]cc(/C=N/NC(=O)c3ccncc3)c2c1. The Morgan fingerprint density at radius 2 is 2.14 bits per heavy atom. The zero-order valence-electron chi connectivity index (χ0n) is 11.9. The predicted octanol–water partition coefficient (Wildman–Crippen LogP) is 2.34. The highest BCUT2D eigenvalue weighted by Gasteiger charge is 2.04. The Morgan fingerprint density at radius 3 is 2.91 bits per heavy atom. The fourth-order valence-corrected chi connectivity index (χ4v) is 2.08. The normalized spacial score (nSPS) is 11.0. The lowest BCUT2D eigenvalue weighted by Gasteiger charge is -2.00. The van der Waals surface area contributed by atoms with Gasteiger partial charge in [0.2, 0.25) is 0 Å². The molecule has 2 aromatic heterocycles. The van der Waals surface area contributed by atoms with Gasteiger partial charge in [-0.2, -0.15) is 5.10 Å². The van der Waals surface area contributed by atoms with Gasteiger partial charge in [0.05, 0.1) is 13.3 Å². The number of carbonyl (C=O) groups is 1. The molecule has 3 rings (SSSR count). The van der Waals surface area contributed by atoms with E-state index in [1.807, 2.05) is 24.4 Å². The average molecular weight is 294 g/mol. The number of amides is 1. The van der Waals surface area contributed by atoms with Crippen LogP contribution >= 0.6 is 0 Å². The second-order valence-corrected chi connectivity index (χ2v) is 4.59. The van der Waals surface area contributed by atoms with Crippen LogP contribution in [0.15, 0.2) is 54.0 Å². The van der Waals surface area contributed by atoms with Crippen LogP contribution in [0.2, 0.25) is 0 Å². The molecular formula is C16H14N4O2. The number of methoxy groups -OCH3 is 1. The number of hydrogen-bond donors (Lipinski definition) is 2. The summed E-state index contributed by atoms with van der Waals surface area (Å²) in [4.78, 5) is 18.9. The second-order valence-electron chi connectivity index (χ2n) is 4.59. The largest absolute Gasteiger partial charge is 0.497 e. The molecule has 0 spiro atoms. The molecule has 2 heterocycles. The molecule has 0 radical (unpaired) electrons. The first-order valence-electron chi connectivity index (χ1n) is 6.66. The molecule has 0 aliphatic rings. The molecule has 0 atom stereocenters. The Kier molecular flexibility index (Phi) is 3.82. The number of rotatable bonds is 4. The Hall–Kier alpha value is -3.15. The van der Waals surface area contributed by atoms with E-state index < -0.39 is 0 Å². The number of aromatic amines is 1. The number of ether oxygens (including phenoxy) is 1. The zero-order valence-corrected chi connectivity index (χ0v) is 11.9. The van der Waals surface area contributed by atoms with Crippen molar-refractivity contribution in [3.63, 3.8) is 0 Å². The van der Waals surface area contributed by atoms with Crippen LogP contribution < -0.4 is 10.2 Å². The molecule has 3 aromatic rings. The number of aromatic nitrogens is 2. The van der Waals surface area contributed by atoms with Gasteiger partial charge >= 0.3 is 0 Å². The molecule has 110 valence electrons. The number of H-pyrrole nitrogens is 1. The van der Waals surface area contributed by atoms with Crippen molar-refractivity contribution in [3.05, 3.63) is 60.0 Å². The molecule has 2 N–H and O–H groups in total. The third-order valence-corrected chi connectivity index (χ3v) is 3.23. The van der Waals surface area contributed by atoms with E-state index in [1.165, 1.54) is 0 Å². The van der Waals surface area contributed by atoms with E-state index in [0.717, 1.165) is 22.2 Å². The molecule has 0 bridgehead atoms. The summed E-state index contributed by atoms with van der Waals surface area (Å²) in [5.74, 6) is 0.485. The lowest BCUT2D eigenvalue weighted by atomic mass is 10.2. The van der Waals surface area contributed by atoms with Crippen molar-refractivity contribution in [2.24, 2.45) is 5.10 Å². The Morgan fingerprint density at radius 1 is 1.32 bits per heavy atom. The van der Waals surface area contributed by atoms with Crippen LogP contribution in [0.25, 0.3) is 10.9 Å². The molecule has 1 aromatic carbocycles. The fraction of sp³-hybridized carbons (Fsp3) is 0.0625. The molecule has 0 fully saturated rings. The van der Waals surface area contributed by atoms with Gasteiger partial charge in [0.25, 0.3) is 5.91 Å². The first kappa shape index (κ1) is 13.8. The average Bonchev–Trinajstić information content (AvgIpc) is 2.98. The third-order valence-electron chi connectivity index (χ3n) is 3.23. The van der Waals surface area contributed by atoms with Gasteiger partial charge in [-0.3, -0.25) is 9.78 Å². The highest BCUT2D eigenvalue weighted by Crippen LogP contribution is 2.22. The summed E-state index contributed by atoms with van der Waals surface area (Å²) in [6.07, 6.45) is 6.54. The number of fused-ring (bicyclic) bond motifs is 1. The lowest BCUT2D eigenvalue weighted by Crippen LogP contribution is -2.17. The summed E-state index contributed by atoms with van der Waals surface area (Å²) >= 11 is 0. The standard InChI is InChI=1S/C16H14N4O2/c1-22-13-2-3-15-14(8-13)12(9-18-15)10-19-20-16(21)11-4-6-17-7-5-11/h2-10,18H,1H3,(H,20,21)/b19-10+. The van der Waals surface area contributed by atoms with Crippen molar-refractivity contribution < 1.29 is 9.53 Å². The van der Waals surface area contributed by atoms with Crippen LogP contribution in [0.3, 0.4) is 0 Å². The summed E-state index contributed by atoms with van der Waals surface area (Å²) in [7, 11) is 1.62. The second kappa shape index (κ2) is 6.09. The minimum Gasteiger partial charge on any atom is -0.497 e. The third kappa shape index (κ3) is 2.80. The van der Waals surface area contributed by atoms with E-state index >= 15 is 0 Å². The maximum Gasteiger partial charge on any atom is 0.271 e. The van der Waals surface area contributed by atoms with Crippen molar-refractivity contribution in [2.45, 2.75) is 0 Å². The maximum absolute atomic E-state index is 11.9. The number of nitrogens with one attached hydrogen (secondary N) is 2. The first-order chi connectivity index (χ1) is 10.8. The number of benzene rings is 1. The van der Waals surface area contributed by atoms with E-state index in [4.69, 9.17) is 4.74 Å². The number of hydrazone groups is 1. The Labute approximate surface area is 126 Å². The van der Waals surface area contributed by atoms with Crippen LogP contribution in [-0.4, -0.2) is 29.2 Å². The number of carbonyl (C=O) groups excluding carboxylic acids is 1. The van der Waals surface area contributed by atoms with Crippen molar-refractivity contribution in [1.82, 2.24) is 15.4 Å². The highest BCUT2D eigenvalue weighted by atomic mass is 16.5. The van der Waals surface area contributed by atoms with Crippen LogP contribution in [0.5, 0.6) is 5.75 Å². The molecule has 6 nitrogen and oxygen atoms in total. The van der Waals surface area contributed by atoms with E-state index in [-0.39, 0.29) is 5.91 Å². The quantitative estimate of drug-likeness (QED) is 0.572. The topological polar surface area (TPSA) is 79.4 Å². The molecule has 0 saturated heterocycles. The minimum absolute atomic E-state index is 0.281. The first-order valence-corrected chi connectivity index (χ1v) is 6.66. The highest BCUT2D eigenvalue weighted by molar-refractivity contribution is 6.00. The number of hydrogen-bond acceptors (Lipinski definition) is 4. The van der Waals surface area contributed by atoms with Gasteiger partial charge in [-0.05, 0) is 30.3 Å². The van der Waals surface area contributed by atoms with E-state index in [9.17, 15) is 4.79 Å². The van der Waals surface area contributed by atoms with Gasteiger partial charge in [-0.25, -0.2) is 5.43 Å². The molecule has 22 heavy (non-hydrogen) atoms. The van der Waals surface area contributed by atoms with Crippen molar-refractivity contribution in [2.75, 3.05) is 7.11 Å². The van der Waals surface area contributed by atoms with Gasteiger partial charge in [0, 0.05) is 40.6 Å². The summed E-state index contributed by atoms with van der Waals surface area (Å²) in [6, 6.07) is 8.98. The molecule has 6 heteroatoms. The summed E-state index contributed by atoms with van der Waals surface area (Å²) < 4.78 is 5.21. The van der Waals surface area contributed by atoms with Crippen molar-refractivity contribution in [1.29, 1.82) is 0 Å². The van der Waals surface area contributed by atoms with Gasteiger partial charge in [0.1, 0.15) is 5.75 Å². The monoisotopic (exact) mass is 294 g/mol. The summed E-state index contributed by atoms with van der Waals surface area (Å²) in [6.45, 7) is 0. The van der Waals surface area contributed by atoms with Crippen LogP contribution in [-0.2, 0) is 0 Å².